The van der Waals surface area contributed by atoms with Crippen LogP contribution in [-0.4, -0.2) is 181 Å². The maximum atomic E-state index is 11.9. The van der Waals surface area contributed by atoms with Crippen LogP contribution in [0.4, 0.5) is 0 Å². The van der Waals surface area contributed by atoms with Crippen molar-refractivity contribution in [1.29, 1.82) is 0 Å². The average Bonchev–Trinajstić information content (AvgIpc) is 3.49. The number of aliphatic hydroxyl groups is 5. The molecule has 18 unspecified atom stereocenters. The highest BCUT2D eigenvalue weighted by molar-refractivity contribution is 5.72. The summed E-state index contributed by atoms with van der Waals surface area (Å²) in [6.45, 7) is -0.246. The normalized spacial score (nSPS) is 52.2. The van der Waals surface area contributed by atoms with Gasteiger partial charge >= 0.3 is 5.97 Å². The number of aliphatic hydroxyl groups excluding tert-OH is 5. The molecule has 0 aliphatic carbocycles. The zero-order chi connectivity index (χ0) is 31.3. The van der Waals surface area contributed by atoms with Gasteiger partial charge in [-0.25, -0.2) is 4.79 Å². The van der Waals surface area contributed by atoms with Gasteiger partial charge in [-0.1, -0.05) is 0 Å². The fraction of sp³-hybridized carbons (Fsp3) is 0.962. The SMILES string of the molecule is COC1CC(CO)OC(OC2C3COC2C(O)C(OC2CC(C(=O)O)OC(OC4C5COC4C(O)C(OC)O5)C2O)O3)C1O. The number of hydrogen-bond acceptors (Lipinski definition) is 17. The summed E-state index contributed by atoms with van der Waals surface area (Å²) in [6, 6.07) is 0. The van der Waals surface area contributed by atoms with Crippen molar-refractivity contribution in [3.63, 3.8) is 0 Å². The Balaban J connectivity index is 1.11. The minimum absolute atomic E-state index is 0.00126. The molecular formula is C26H40O18. The van der Waals surface area contributed by atoms with Crippen molar-refractivity contribution >= 4 is 5.97 Å². The van der Waals surface area contributed by atoms with Crippen molar-refractivity contribution in [1.82, 2.24) is 0 Å². The van der Waals surface area contributed by atoms with Crippen molar-refractivity contribution in [3.05, 3.63) is 0 Å². The van der Waals surface area contributed by atoms with Crippen LogP contribution in [0.5, 0.6) is 0 Å². The molecule has 6 fully saturated rings. The molecule has 0 aromatic rings. The summed E-state index contributed by atoms with van der Waals surface area (Å²) in [5.41, 5.74) is 0. The highest BCUT2D eigenvalue weighted by atomic mass is 16.8. The number of carbonyl (C=O) groups is 1. The van der Waals surface area contributed by atoms with E-state index in [1.165, 1.54) is 14.2 Å². The molecule has 6 saturated heterocycles. The lowest BCUT2D eigenvalue weighted by atomic mass is 9.98. The lowest BCUT2D eigenvalue weighted by Gasteiger charge is -2.45. The van der Waals surface area contributed by atoms with Gasteiger partial charge in [0.1, 0.15) is 61.0 Å². The van der Waals surface area contributed by atoms with E-state index < -0.39 is 117 Å². The Hall–Kier alpha value is -1.17. The molecule has 0 spiro atoms. The molecule has 6 heterocycles. The van der Waals surface area contributed by atoms with E-state index in [0.717, 1.165) is 0 Å². The number of carboxylic acid groups (broad SMARTS) is 1. The van der Waals surface area contributed by atoms with Crippen molar-refractivity contribution in [2.24, 2.45) is 0 Å². The van der Waals surface area contributed by atoms with Gasteiger partial charge in [-0.05, 0) is 0 Å². The van der Waals surface area contributed by atoms with Crippen LogP contribution in [0.25, 0.3) is 0 Å². The Labute approximate surface area is 251 Å². The lowest BCUT2D eigenvalue weighted by molar-refractivity contribution is -0.353. The molecule has 0 aromatic carbocycles. The van der Waals surface area contributed by atoms with E-state index in [4.69, 9.17) is 52.1 Å². The van der Waals surface area contributed by atoms with Crippen molar-refractivity contribution < 1.29 is 87.5 Å². The standard InChI is InChI=1S/C26H40O18/c1-34-9-3-8(5-27)38-24(14(9)28)43-19-13-7-37-21(19)17(31)26(42-13)39-10-4-11(22(32)33)40-25(15(10)29)44-18-12-6-36-20(18)16(30)23(35-2)41-12/h8-21,23-31H,3-7H2,1-2H3,(H,32,33). The third kappa shape index (κ3) is 6.13. The van der Waals surface area contributed by atoms with Gasteiger partial charge in [0.25, 0.3) is 0 Å². The zero-order valence-corrected chi connectivity index (χ0v) is 24.0. The van der Waals surface area contributed by atoms with Crippen molar-refractivity contribution in [2.45, 2.75) is 123 Å². The number of aliphatic carboxylic acids is 1. The second-order valence-corrected chi connectivity index (χ2v) is 11.6. The quantitative estimate of drug-likeness (QED) is 0.133. The van der Waals surface area contributed by atoms with Crippen LogP contribution in [0, 0.1) is 0 Å². The Morgan fingerprint density at radius 3 is 1.80 bits per heavy atom. The largest absolute Gasteiger partial charge is 0.479 e. The number of rotatable bonds is 10. The minimum atomic E-state index is -1.54. The van der Waals surface area contributed by atoms with Crippen LogP contribution >= 0.6 is 0 Å². The lowest BCUT2D eigenvalue weighted by Crippen LogP contribution is -2.62. The second-order valence-electron chi connectivity index (χ2n) is 11.6. The summed E-state index contributed by atoms with van der Waals surface area (Å²) in [5, 5.41) is 62.8. The number of methoxy groups -OCH3 is 2. The van der Waals surface area contributed by atoms with E-state index in [1.54, 1.807) is 0 Å². The summed E-state index contributed by atoms with van der Waals surface area (Å²) in [6.07, 6.45) is -19.6. The number of fused-ring (bicyclic) bond motifs is 4. The van der Waals surface area contributed by atoms with Crippen LogP contribution in [-0.2, 0) is 56.9 Å². The van der Waals surface area contributed by atoms with Gasteiger partial charge in [0, 0.05) is 27.1 Å². The average molecular weight is 641 g/mol. The summed E-state index contributed by atoms with van der Waals surface area (Å²) in [7, 11) is 2.79. The van der Waals surface area contributed by atoms with E-state index in [9.17, 15) is 35.4 Å². The molecule has 6 aliphatic heterocycles. The van der Waals surface area contributed by atoms with E-state index in [0.29, 0.717) is 0 Å². The maximum absolute atomic E-state index is 11.9. The first-order valence-electron chi connectivity index (χ1n) is 14.6. The summed E-state index contributed by atoms with van der Waals surface area (Å²) in [5.74, 6) is -1.33. The smallest absolute Gasteiger partial charge is 0.333 e. The third-order valence-electron chi connectivity index (χ3n) is 8.93. The molecule has 4 bridgehead atoms. The summed E-state index contributed by atoms with van der Waals surface area (Å²) < 4.78 is 62.4. The topological polar surface area (TPSA) is 240 Å². The maximum Gasteiger partial charge on any atom is 0.333 e. The van der Waals surface area contributed by atoms with Crippen LogP contribution < -0.4 is 0 Å². The van der Waals surface area contributed by atoms with Crippen molar-refractivity contribution in [3.8, 4) is 0 Å². The monoisotopic (exact) mass is 640 g/mol. The number of carboxylic acids is 1. The summed E-state index contributed by atoms with van der Waals surface area (Å²) in [4.78, 5) is 11.9. The number of ether oxygens (including phenoxy) is 11. The molecule has 0 aromatic heterocycles. The zero-order valence-electron chi connectivity index (χ0n) is 24.0. The molecule has 6 N–H and O–H groups in total. The second kappa shape index (κ2) is 13.5. The predicted octanol–water partition coefficient (Wildman–Crippen LogP) is -4.20. The summed E-state index contributed by atoms with van der Waals surface area (Å²) >= 11 is 0. The molecule has 18 heteroatoms. The van der Waals surface area contributed by atoms with Gasteiger partial charge in [0.15, 0.2) is 31.3 Å². The molecule has 18 atom stereocenters. The van der Waals surface area contributed by atoms with Gasteiger partial charge in [-0.2, -0.15) is 0 Å². The Bertz CT molecular complexity index is 989. The van der Waals surface area contributed by atoms with Crippen LogP contribution in [0.2, 0.25) is 0 Å². The fourth-order valence-electron chi connectivity index (χ4n) is 6.57. The van der Waals surface area contributed by atoms with Gasteiger partial charge in [-0.3, -0.25) is 0 Å². The highest BCUT2D eigenvalue weighted by Gasteiger charge is 2.57. The molecule has 18 nitrogen and oxygen atoms in total. The van der Waals surface area contributed by atoms with Crippen LogP contribution in [0.15, 0.2) is 0 Å². The molecular weight excluding hydrogens is 600 g/mol. The Morgan fingerprint density at radius 1 is 0.682 bits per heavy atom. The first-order chi connectivity index (χ1) is 21.1. The van der Waals surface area contributed by atoms with Gasteiger partial charge in [0.2, 0.25) is 0 Å². The van der Waals surface area contributed by atoms with Crippen LogP contribution in [0.1, 0.15) is 12.8 Å². The molecule has 44 heavy (non-hydrogen) atoms. The molecule has 0 saturated carbocycles. The van der Waals surface area contributed by atoms with Gasteiger partial charge < -0.3 is 82.7 Å². The first-order valence-corrected chi connectivity index (χ1v) is 14.6. The first kappa shape index (κ1) is 32.8. The van der Waals surface area contributed by atoms with E-state index in [2.05, 4.69) is 0 Å². The van der Waals surface area contributed by atoms with Gasteiger partial charge in [-0.15, -0.1) is 0 Å². The fourth-order valence-corrected chi connectivity index (χ4v) is 6.57. The van der Waals surface area contributed by atoms with E-state index >= 15 is 0 Å². The Kier molecular flexibility index (Phi) is 10.1. The highest BCUT2D eigenvalue weighted by Crippen LogP contribution is 2.38. The molecule has 6 rings (SSSR count). The van der Waals surface area contributed by atoms with Crippen LogP contribution in [0.3, 0.4) is 0 Å². The molecule has 0 radical (unpaired) electrons. The predicted molar refractivity (Wildman–Crippen MR) is 135 cm³/mol. The van der Waals surface area contributed by atoms with E-state index in [1.807, 2.05) is 0 Å². The molecule has 6 aliphatic rings. The number of hydrogen-bond donors (Lipinski definition) is 6. The third-order valence-corrected chi connectivity index (χ3v) is 8.93. The molecule has 252 valence electrons. The van der Waals surface area contributed by atoms with E-state index in [-0.39, 0.29) is 32.7 Å². The van der Waals surface area contributed by atoms with Crippen molar-refractivity contribution in [2.75, 3.05) is 34.0 Å². The Morgan fingerprint density at radius 2 is 1.23 bits per heavy atom. The minimum Gasteiger partial charge on any atom is -0.479 e. The molecule has 0 amide bonds. The van der Waals surface area contributed by atoms with Gasteiger partial charge in [0.05, 0.1) is 38.1 Å².